The summed E-state index contributed by atoms with van der Waals surface area (Å²) in [4.78, 5) is 17.8. The maximum atomic E-state index is 12.2. The molecule has 28 heavy (non-hydrogen) atoms. The minimum absolute atomic E-state index is 0.102. The summed E-state index contributed by atoms with van der Waals surface area (Å²) in [6.45, 7) is 4.32. The van der Waals surface area contributed by atoms with Crippen LogP contribution in [0.1, 0.15) is 16.4 Å². The Bertz CT molecular complexity index is 976. The molecule has 3 aromatic rings. The second-order valence-electron chi connectivity index (χ2n) is 6.28. The lowest BCUT2D eigenvalue weighted by Gasteiger charge is -2.15. The van der Waals surface area contributed by atoms with Crippen LogP contribution in [0, 0.1) is 6.92 Å². The van der Waals surface area contributed by atoms with Crippen LogP contribution in [0.3, 0.4) is 0 Å². The Morgan fingerprint density at radius 3 is 2.64 bits per heavy atom. The highest BCUT2D eigenvalue weighted by Crippen LogP contribution is 2.38. The number of anilines is 1. The summed E-state index contributed by atoms with van der Waals surface area (Å²) in [5.74, 6) is 0.756. The van der Waals surface area contributed by atoms with E-state index < -0.39 is 6.09 Å². The fourth-order valence-corrected chi connectivity index (χ4v) is 4.78. The summed E-state index contributed by atoms with van der Waals surface area (Å²) >= 11 is 2.80. The lowest BCUT2D eigenvalue weighted by Crippen LogP contribution is -2.15. The van der Waals surface area contributed by atoms with Crippen molar-refractivity contribution in [3.63, 3.8) is 0 Å². The number of nitrogens with zero attached hydrogens (tertiary/aromatic N) is 1. The number of methoxy groups -OCH3 is 1. The Labute approximate surface area is 170 Å². The third kappa shape index (κ3) is 4.12. The quantitative estimate of drug-likeness (QED) is 0.673. The van der Waals surface area contributed by atoms with Gasteiger partial charge in [-0.1, -0.05) is 17.4 Å². The fraction of sp³-hybridized carbons (Fsp3) is 0.368. The van der Waals surface area contributed by atoms with Crippen molar-refractivity contribution in [2.45, 2.75) is 12.8 Å². The molecule has 2 aromatic heterocycles. The van der Waals surface area contributed by atoms with Gasteiger partial charge in [-0.15, -0.1) is 11.3 Å². The highest BCUT2D eigenvalue weighted by Gasteiger charge is 2.22. The number of hydrogen-bond acceptors (Lipinski definition) is 8. The average Bonchev–Trinajstić information content (AvgIpc) is 3.17. The third-order valence-electron chi connectivity index (χ3n) is 4.32. The van der Waals surface area contributed by atoms with Gasteiger partial charge in [-0.25, -0.2) is 9.78 Å². The largest absolute Gasteiger partial charge is 0.494 e. The van der Waals surface area contributed by atoms with Crippen molar-refractivity contribution in [2.24, 2.45) is 0 Å². The SMILES string of the molecule is COc1ccc(C2COCCOC2)c2sc(NC(=O)Oc3ccc(C)s3)nc12. The molecule has 148 valence electrons. The summed E-state index contributed by atoms with van der Waals surface area (Å²) in [6.07, 6.45) is -0.567. The maximum absolute atomic E-state index is 12.2. The van der Waals surface area contributed by atoms with Gasteiger partial charge in [0, 0.05) is 10.8 Å². The van der Waals surface area contributed by atoms with Gasteiger partial charge in [-0.3, -0.25) is 5.32 Å². The molecule has 0 radical (unpaired) electrons. The van der Waals surface area contributed by atoms with E-state index in [1.165, 1.54) is 22.7 Å². The number of aryl methyl sites for hydroxylation is 1. The number of thiophene rings is 1. The van der Waals surface area contributed by atoms with Crippen molar-refractivity contribution in [3.8, 4) is 10.8 Å². The van der Waals surface area contributed by atoms with Crippen molar-refractivity contribution in [1.82, 2.24) is 4.98 Å². The second kappa shape index (κ2) is 8.44. The van der Waals surface area contributed by atoms with E-state index in [0.717, 1.165) is 15.1 Å². The summed E-state index contributed by atoms with van der Waals surface area (Å²) in [7, 11) is 1.60. The van der Waals surface area contributed by atoms with Crippen molar-refractivity contribution in [3.05, 3.63) is 34.7 Å². The fourth-order valence-electron chi connectivity index (χ4n) is 3.01. The van der Waals surface area contributed by atoms with E-state index in [9.17, 15) is 4.79 Å². The number of aromatic nitrogens is 1. The number of nitrogens with one attached hydrogen (secondary N) is 1. The molecule has 1 fully saturated rings. The molecule has 1 aliphatic heterocycles. The number of fused-ring (bicyclic) bond motifs is 1. The van der Waals surface area contributed by atoms with Gasteiger partial charge in [0.1, 0.15) is 11.3 Å². The minimum Gasteiger partial charge on any atom is -0.494 e. The number of thiazole rings is 1. The Hall–Kier alpha value is -2.20. The zero-order chi connectivity index (χ0) is 19.5. The molecule has 0 aliphatic carbocycles. The van der Waals surface area contributed by atoms with Crippen LogP contribution in [0.5, 0.6) is 10.8 Å². The Kier molecular flexibility index (Phi) is 5.77. The Morgan fingerprint density at radius 1 is 1.18 bits per heavy atom. The third-order valence-corrected chi connectivity index (χ3v) is 6.22. The van der Waals surface area contributed by atoms with Crippen molar-refractivity contribution < 1.29 is 23.7 Å². The number of benzene rings is 1. The molecular formula is C19H20N2O5S2. The van der Waals surface area contributed by atoms with Crippen molar-refractivity contribution in [2.75, 3.05) is 38.9 Å². The molecule has 7 nitrogen and oxygen atoms in total. The molecule has 3 heterocycles. The van der Waals surface area contributed by atoms with Crippen LogP contribution >= 0.6 is 22.7 Å². The summed E-state index contributed by atoms with van der Waals surface area (Å²) in [5, 5.41) is 3.71. The van der Waals surface area contributed by atoms with E-state index in [-0.39, 0.29) is 5.92 Å². The molecule has 1 saturated heterocycles. The molecule has 1 aromatic carbocycles. The summed E-state index contributed by atoms with van der Waals surface area (Å²) in [6, 6.07) is 7.57. The van der Waals surface area contributed by atoms with Crippen LogP contribution in [0.2, 0.25) is 0 Å². The van der Waals surface area contributed by atoms with Crippen LogP contribution in [0.15, 0.2) is 24.3 Å². The topological polar surface area (TPSA) is 78.9 Å². The zero-order valence-electron chi connectivity index (χ0n) is 15.5. The second-order valence-corrected chi connectivity index (χ2v) is 8.53. The molecule has 0 atom stereocenters. The molecule has 9 heteroatoms. The first kappa shape index (κ1) is 19.1. The normalized spacial score (nSPS) is 15.4. The van der Waals surface area contributed by atoms with Gasteiger partial charge in [0.2, 0.25) is 0 Å². The molecule has 1 N–H and O–H groups in total. The van der Waals surface area contributed by atoms with E-state index >= 15 is 0 Å². The molecule has 1 amide bonds. The maximum Gasteiger partial charge on any atom is 0.419 e. The Balaban J connectivity index is 1.60. The lowest BCUT2D eigenvalue weighted by atomic mass is 10.0. The highest BCUT2D eigenvalue weighted by atomic mass is 32.1. The van der Waals surface area contributed by atoms with Gasteiger partial charge >= 0.3 is 6.09 Å². The predicted molar refractivity (Wildman–Crippen MR) is 109 cm³/mol. The highest BCUT2D eigenvalue weighted by molar-refractivity contribution is 7.22. The van der Waals surface area contributed by atoms with E-state index in [1.807, 2.05) is 25.1 Å². The summed E-state index contributed by atoms with van der Waals surface area (Å²) in [5.41, 5.74) is 1.78. The van der Waals surface area contributed by atoms with Gasteiger partial charge in [-0.2, -0.15) is 0 Å². The van der Waals surface area contributed by atoms with Crippen molar-refractivity contribution >= 4 is 44.1 Å². The smallest absolute Gasteiger partial charge is 0.419 e. The predicted octanol–water partition coefficient (Wildman–Crippen LogP) is 4.42. The average molecular weight is 421 g/mol. The van der Waals surface area contributed by atoms with Crippen molar-refractivity contribution in [1.29, 1.82) is 0 Å². The van der Waals surface area contributed by atoms with Crippen LogP contribution in [0.25, 0.3) is 10.2 Å². The molecule has 0 bridgehead atoms. The number of hydrogen-bond donors (Lipinski definition) is 1. The first-order chi connectivity index (χ1) is 13.6. The molecule has 0 unspecified atom stereocenters. The molecule has 4 rings (SSSR count). The summed E-state index contributed by atoms with van der Waals surface area (Å²) < 4.78 is 23.0. The number of carbonyl (C=O) groups excluding carboxylic acids is 1. The van der Waals surface area contributed by atoms with Crippen LogP contribution in [-0.4, -0.2) is 44.6 Å². The minimum atomic E-state index is -0.567. The number of carbonyl (C=O) groups is 1. The monoisotopic (exact) mass is 420 g/mol. The van der Waals surface area contributed by atoms with Gasteiger partial charge < -0.3 is 18.9 Å². The number of rotatable bonds is 4. The zero-order valence-corrected chi connectivity index (χ0v) is 17.2. The Morgan fingerprint density at radius 2 is 1.96 bits per heavy atom. The van der Waals surface area contributed by atoms with Gasteiger partial charge in [0.15, 0.2) is 10.2 Å². The van der Waals surface area contributed by atoms with Crippen LogP contribution in [0.4, 0.5) is 9.93 Å². The molecule has 1 aliphatic rings. The molecular weight excluding hydrogens is 400 g/mol. The first-order valence-corrected chi connectivity index (χ1v) is 10.5. The van der Waals surface area contributed by atoms with Crippen LogP contribution < -0.4 is 14.8 Å². The first-order valence-electron chi connectivity index (χ1n) is 8.82. The lowest BCUT2D eigenvalue weighted by molar-refractivity contribution is 0.103. The van der Waals surface area contributed by atoms with E-state index in [0.29, 0.717) is 47.9 Å². The number of ether oxygens (including phenoxy) is 4. The molecule has 0 spiro atoms. The number of amides is 1. The van der Waals surface area contributed by atoms with Gasteiger partial charge in [0.25, 0.3) is 0 Å². The van der Waals surface area contributed by atoms with Crippen LogP contribution in [-0.2, 0) is 9.47 Å². The molecule has 0 saturated carbocycles. The van der Waals surface area contributed by atoms with Gasteiger partial charge in [-0.05, 0) is 30.7 Å². The standard InChI is InChI=1S/C19H20N2O5S2/c1-11-3-6-15(27-11)26-19(22)21-18-20-16-14(23-2)5-4-13(17(16)28-18)12-9-24-7-8-25-10-12/h3-6,12H,7-10H2,1-2H3,(H,20,21,22). The van der Waals surface area contributed by atoms with E-state index in [1.54, 1.807) is 13.2 Å². The van der Waals surface area contributed by atoms with Gasteiger partial charge in [0.05, 0.1) is 38.2 Å². The van der Waals surface area contributed by atoms with E-state index in [2.05, 4.69) is 10.3 Å². The van der Waals surface area contributed by atoms with E-state index in [4.69, 9.17) is 18.9 Å².